The molecule has 0 N–H and O–H groups in total. The van der Waals surface area contributed by atoms with E-state index in [0.29, 0.717) is 25.6 Å². The van der Waals surface area contributed by atoms with Crippen molar-refractivity contribution in [2.75, 3.05) is 19.7 Å². The molecule has 4 nitrogen and oxygen atoms in total. The van der Waals surface area contributed by atoms with E-state index in [-0.39, 0.29) is 12.2 Å². The number of ether oxygens (including phenoxy) is 2. The van der Waals surface area contributed by atoms with Crippen LogP contribution in [-0.2, 0) is 9.47 Å². The minimum atomic E-state index is -0.431. The Morgan fingerprint density at radius 1 is 1.38 bits per heavy atom. The van der Waals surface area contributed by atoms with Crippen molar-refractivity contribution in [1.82, 2.24) is 4.90 Å². The maximum absolute atomic E-state index is 11.9. The molecule has 2 unspecified atom stereocenters. The molecule has 0 radical (unpaired) electrons. The fourth-order valence-corrected chi connectivity index (χ4v) is 1.59. The number of amides is 1. The minimum absolute atomic E-state index is 0.201. The largest absolute Gasteiger partial charge is 0.444 e. The highest BCUT2D eigenvalue weighted by Gasteiger charge is 2.27. The third-order valence-electron chi connectivity index (χ3n) is 2.70. The van der Waals surface area contributed by atoms with Gasteiger partial charge in [-0.15, -0.1) is 0 Å². The first-order chi connectivity index (χ1) is 7.29. The third-order valence-corrected chi connectivity index (χ3v) is 2.70. The lowest BCUT2D eigenvalue weighted by atomic mass is 10.1. The number of rotatable bonds is 0. The second kappa shape index (κ2) is 5.04. The Balaban J connectivity index is 2.56. The quantitative estimate of drug-likeness (QED) is 0.639. The van der Waals surface area contributed by atoms with Crippen molar-refractivity contribution in [1.29, 1.82) is 0 Å². The van der Waals surface area contributed by atoms with E-state index in [4.69, 9.17) is 9.47 Å². The van der Waals surface area contributed by atoms with Crippen LogP contribution in [-0.4, -0.2) is 42.4 Å². The van der Waals surface area contributed by atoms with Crippen molar-refractivity contribution in [2.24, 2.45) is 5.92 Å². The van der Waals surface area contributed by atoms with Crippen LogP contribution in [0, 0.1) is 5.92 Å². The van der Waals surface area contributed by atoms with Gasteiger partial charge < -0.3 is 14.4 Å². The molecular weight excluding hydrogens is 206 g/mol. The molecule has 0 aliphatic carbocycles. The number of nitrogens with zero attached hydrogens (tertiary/aromatic N) is 1. The average molecular weight is 229 g/mol. The normalized spacial score (nSPS) is 27.4. The Bertz CT molecular complexity index is 247. The van der Waals surface area contributed by atoms with E-state index in [9.17, 15) is 4.79 Å². The molecule has 0 aromatic heterocycles. The summed E-state index contributed by atoms with van der Waals surface area (Å²) in [6, 6.07) is 0. The molecule has 1 aliphatic heterocycles. The number of carbonyl (C=O) groups excluding carboxylic acids is 1. The van der Waals surface area contributed by atoms with E-state index >= 15 is 0 Å². The molecule has 0 spiro atoms. The molecule has 1 saturated heterocycles. The second-order valence-electron chi connectivity index (χ2n) is 5.48. The summed E-state index contributed by atoms with van der Waals surface area (Å²) in [7, 11) is 0. The number of hydrogen-bond donors (Lipinski definition) is 0. The van der Waals surface area contributed by atoms with Crippen molar-refractivity contribution in [3.8, 4) is 0 Å². The van der Waals surface area contributed by atoms with Gasteiger partial charge in [-0.25, -0.2) is 4.79 Å². The Morgan fingerprint density at radius 3 is 2.56 bits per heavy atom. The Hall–Kier alpha value is -0.770. The summed E-state index contributed by atoms with van der Waals surface area (Å²) < 4.78 is 10.9. The van der Waals surface area contributed by atoms with E-state index in [1.54, 1.807) is 4.90 Å². The smallest absolute Gasteiger partial charge is 0.410 e. The molecule has 1 fully saturated rings. The van der Waals surface area contributed by atoms with Crippen molar-refractivity contribution >= 4 is 6.09 Å². The van der Waals surface area contributed by atoms with Crippen molar-refractivity contribution in [2.45, 2.75) is 46.3 Å². The zero-order chi connectivity index (χ0) is 12.3. The topological polar surface area (TPSA) is 38.8 Å². The average Bonchev–Trinajstić information content (AvgIpc) is 2.27. The number of hydrogen-bond acceptors (Lipinski definition) is 3. The molecule has 1 amide bonds. The lowest BCUT2D eigenvalue weighted by Crippen LogP contribution is -2.39. The fraction of sp³-hybridized carbons (Fsp3) is 0.917. The zero-order valence-electron chi connectivity index (χ0n) is 10.9. The lowest BCUT2D eigenvalue weighted by molar-refractivity contribution is 0.0233. The molecule has 4 heteroatoms. The van der Waals surface area contributed by atoms with E-state index in [1.165, 1.54) is 0 Å². The first-order valence-electron chi connectivity index (χ1n) is 5.89. The van der Waals surface area contributed by atoms with Crippen LogP contribution in [0.3, 0.4) is 0 Å². The zero-order valence-corrected chi connectivity index (χ0v) is 10.9. The minimum Gasteiger partial charge on any atom is -0.444 e. The molecule has 1 rings (SSSR count). The van der Waals surface area contributed by atoms with Gasteiger partial charge in [-0.05, 0) is 33.6 Å². The standard InChI is InChI=1S/C12H23NO3/c1-9-8-13(6-7-15-10(9)2)11(14)16-12(3,4)5/h9-10H,6-8H2,1-5H3. The van der Waals surface area contributed by atoms with Crippen molar-refractivity contribution in [3.05, 3.63) is 0 Å². The van der Waals surface area contributed by atoms with Crippen LogP contribution in [0.2, 0.25) is 0 Å². The predicted octanol–water partition coefficient (Wildman–Crippen LogP) is 2.28. The van der Waals surface area contributed by atoms with Crippen LogP contribution in [0.15, 0.2) is 0 Å². The Morgan fingerprint density at radius 2 is 2.00 bits per heavy atom. The molecule has 94 valence electrons. The van der Waals surface area contributed by atoms with Crippen LogP contribution in [0.25, 0.3) is 0 Å². The maximum Gasteiger partial charge on any atom is 0.410 e. The van der Waals surface area contributed by atoms with Gasteiger partial charge in [-0.1, -0.05) is 6.92 Å². The lowest BCUT2D eigenvalue weighted by Gasteiger charge is -2.27. The Kier molecular flexibility index (Phi) is 4.19. The Labute approximate surface area is 97.9 Å². The molecule has 1 aliphatic rings. The molecular formula is C12H23NO3. The van der Waals surface area contributed by atoms with Gasteiger partial charge >= 0.3 is 6.09 Å². The highest BCUT2D eigenvalue weighted by atomic mass is 16.6. The van der Waals surface area contributed by atoms with E-state index < -0.39 is 5.60 Å². The summed E-state index contributed by atoms with van der Waals surface area (Å²) in [4.78, 5) is 13.6. The molecule has 16 heavy (non-hydrogen) atoms. The first kappa shape index (κ1) is 13.3. The monoisotopic (exact) mass is 229 g/mol. The van der Waals surface area contributed by atoms with E-state index in [1.807, 2.05) is 27.7 Å². The van der Waals surface area contributed by atoms with Crippen LogP contribution in [0.4, 0.5) is 4.79 Å². The van der Waals surface area contributed by atoms with E-state index in [2.05, 4.69) is 6.92 Å². The molecule has 0 saturated carbocycles. The molecule has 0 aromatic rings. The van der Waals surface area contributed by atoms with Crippen LogP contribution < -0.4 is 0 Å². The van der Waals surface area contributed by atoms with Gasteiger partial charge in [-0.2, -0.15) is 0 Å². The molecule has 2 atom stereocenters. The van der Waals surface area contributed by atoms with Gasteiger partial charge in [0.2, 0.25) is 0 Å². The van der Waals surface area contributed by atoms with Gasteiger partial charge in [0.05, 0.1) is 12.7 Å². The summed E-state index contributed by atoms with van der Waals surface area (Å²) in [5.41, 5.74) is -0.431. The second-order valence-corrected chi connectivity index (χ2v) is 5.48. The maximum atomic E-state index is 11.9. The molecule has 0 bridgehead atoms. The van der Waals surface area contributed by atoms with Crippen molar-refractivity contribution < 1.29 is 14.3 Å². The van der Waals surface area contributed by atoms with Gasteiger partial charge in [0, 0.05) is 13.1 Å². The van der Waals surface area contributed by atoms with Crippen molar-refractivity contribution in [3.63, 3.8) is 0 Å². The summed E-state index contributed by atoms with van der Waals surface area (Å²) in [6.45, 7) is 11.7. The fourth-order valence-electron chi connectivity index (χ4n) is 1.59. The van der Waals surface area contributed by atoms with Crippen LogP contribution in [0.1, 0.15) is 34.6 Å². The SMILES string of the molecule is CC1CN(C(=O)OC(C)(C)C)CCOC1C. The highest BCUT2D eigenvalue weighted by Crippen LogP contribution is 2.16. The third kappa shape index (κ3) is 4.00. The molecule has 1 heterocycles. The van der Waals surface area contributed by atoms with Gasteiger partial charge in [-0.3, -0.25) is 0 Å². The first-order valence-corrected chi connectivity index (χ1v) is 5.89. The highest BCUT2D eigenvalue weighted by molar-refractivity contribution is 5.68. The molecule has 0 aromatic carbocycles. The summed E-state index contributed by atoms with van der Waals surface area (Å²) >= 11 is 0. The van der Waals surface area contributed by atoms with Gasteiger partial charge in [0.15, 0.2) is 0 Å². The summed E-state index contributed by atoms with van der Waals surface area (Å²) in [5.74, 6) is 0.343. The summed E-state index contributed by atoms with van der Waals surface area (Å²) in [5, 5.41) is 0. The number of carbonyl (C=O) groups is 1. The van der Waals surface area contributed by atoms with Crippen LogP contribution in [0.5, 0.6) is 0 Å². The summed E-state index contributed by atoms with van der Waals surface area (Å²) in [6.07, 6.45) is -0.0375. The van der Waals surface area contributed by atoms with Gasteiger partial charge in [0.25, 0.3) is 0 Å². The van der Waals surface area contributed by atoms with Crippen LogP contribution >= 0.6 is 0 Å². The predicted molar refractivity (Wildman–Crippen MR) is 62.4 cm³/mol. The van der Waals surface area contributed by atoms with Gasteiger partial charge in [0.1, 0.15) is 5.60 Å². The van der Waals surface area contributed by atoms with E-state index in [0.717, 1.165) is 0 Å².